The van der Waals surface area contributed by atoms with Gasteiger partial charge < -0.3 is 24.3 Å². The highest BCUT2D eigenvalue weighted by atomic mass is 16.6. The molecular weight excluding hydrogens is 516 g/mol. The van der Waals surface area contributed by atoms with Crippen LogP contribution in [0, 0.1) is 11.3 Å². The van der Waals surface area contributed by atoms with E-state index in [0.29, 0.717) is 31.7 Å². The van der Waals surface area contributed by atoms with Gasteiger partial charge in [-0.05, 0) is 56.2 Å². The van der Waals surface area contributed by atoms with Gasteiger partial charge in [-0.15, -0.1) is 0 Å². The van der Waals surface area contributed by atoms with E-state index < -0.39 is 5.60 Å². The molecule has 5 rings (SSSR count). The van der Waals surface area contributed by atoms with Gasteiger partial charge in [-0.3, -0.25) is 9.88 Å². The average molecular weight is 555 g/mol. The van der Waals surface area contributed by atoms with Crippen LogP contribution < -0.4 is 4.90 Å². The molecule has 2 saturated heterocycles. The van der Waals surface area contributed by atoms with Gasteiger partial charge in [0.05, 0.1) is 24.5 Å². The Morgan fingerprint density at radius 3 is 2.46 bits per heavy atom. The molecule has 0 spiro atoms. The highest BCUT2D eigenvalue weighted by molar-refractivity contribution is 5.74. The summed E-state index contributed by atoms with van der Waals surface area (Å²) in [4.78, 5) is 26.7. The first-order valence-electron chi connectivity index (χ1n) is 14.2. The molecule has 4 heterocycles. The fourth-order valence-corrected chi connectivity index (χ4v) is 5.01. The molecule has 1 N–H and O–H groups in total. The molecule has 2 aliphatic heterocycles. The maximum Gasteiger partial charge on any atom is 0.410 e. The van der Waals surface area contributed by atoms with E-state index in [1.165, 1.54) is 5.56 Å². The van der Waals surface area contributed by atoms with Crippen LogP contribution in [0.1, 0.15) is 43.2 Å². The van der Waals surface area contributed by atoms with E-state index in [4.69, 9.17) is 9.47 Å². The zero-order valence-corrected chi connectivity index (χ0v) is 24.1. The van der Waals surface area contributed by atoms with Gasteiger partial charge >= 0.3 is 6.09 Å². The summed E-state index contributed by atoms with van der Waals surface area (Å²) in [6.07, 6.45) is 5.55. The summed E-state index contributed by atoms with van der Waals surface area (Å²) in [7, 11) is 0. The number of amides is 1. The van der Waals surface area contributed by atoms with Gasteiger partial charge in [0.1, 0.15) is 17.5 Å². The van der Waals surface area contributed by atoms with Crippen LogP contribution in [-0.2, 0) is 16.0 Å². The van der Waals surface area contributed by atoms with Crippen LogP contribution >= 0.6 is 0 Å². The molecule has 1 aromatic carbocycles. The number of pyridine rings is 1. The van der Waals surface area contributed by atoms with Crippen LogP contribution in [-0.4, -0.2) is 83.9 Å². The van der Waals surface area contributed by atoms with Gasteiger partial charge in [0.2, 0.25) is 0 Å². The number of hydrogen-bond donors (Lipinski definition) is 1. The highest BCUT2D eigenvalue weighted by Crippen LogP contribution is 2.28. The predicted molar refractivity (Wildman–Crippen MR) is 160 cm³/mol. The van der Waals surface area contributed by atoms with E-state index in [9.17, 15) is 10.1 Å². The molecule has 9 heteroatoms. The van der Waals surface area contributed by atoms with Crippen LogP contribution in [0.3, 0.4) is 0 Å². The summed E-state index contributed by atoms with van der Waals surface area (Å²) in [5.41, 5.74) is 5.11. The Kier molecular flexibility index (Phi) is 8.72. The van der Waals surface area contributed by atoms with Crippen LogP contribution in [0.2, 0.25) is 0 Å². The van der Waals surface area contributed by atoms with Crippen molar-refractivity contribution in [1.29, 1.82) is 5.26 Å². The molecule has 41 heavy (non-hydrogen) atoms. The van der Waals surface area contributed by atoms with Crippen molar-refractivity contribution in [3.63, 3.8) is 0 Å². The number of morpholine rings is 1. The molecular formula is C32H38N6O3. The number of nitrogens with zero attached hydrogens (tertiary/aromatic N) is 5. The predicted octanol–water partition coefficient (Wildman–Crippen LogP) is 5.01. The molecule has 0 radical (unpaired) electrons. The van der Waals surface area contributed by atoms with Crippen molar-refractivity contribution in [3.8, 4) is 17.3 Å². The van der Waals surface area contributed by atoms with Gasteiger partial charge in [-0.25, -0.2) is 4.79 Å². The molecule has 2 aromatic heterocycles. The number of anilines is 1. The second-order valence-corrected chi connectivity index (χ2v) is 11.4. The van der Waals surface area contributed by atoms with Gasteiger partial charge in [0, 0.05) is 63.3 Å². The third-order valence-electron chi connectivity index (χ3n) is 7.19. The Hall–Kier alpha value is -4.13. The number of ether oxygens (including phenoxy) is 2. The van der Waals surface area contributed by atoms with E-state index in [1.807, 2.05) is 45.0 Å². The van der Waals surface area contributed by atoms with Crippen molar-refractivity contribution in [2.75, 3.05) is 57.4 Å². The standard InChI is InChI=1S/C32H38N6O3/c1-32(2,3)41-31(39)38-14-12-37(13-15-38)30-27(22-33)21-29(35-30)26-10-11-34-28(20-26)9-8-24-4-6-25(7-5-24)23-36-16-18-40-19-17-36/h4-11,20-21,35H,12-19,23H2,1-3H3. The zero-order valence-electron chi connectivity index (χ0n) is 24.1. The summed E-state index contributed by atoms with van der Waals surface area (Å²) >= 11 is 0. The van der Waals surface area contributed by atoms with E-state index in [-0.39, 0.29) is 6.09 Å². The minimum atomic E-state index is -0.525. The number of carbonyl (C=O) groups is 1. The van der Waals surface area contributed by atoms with Gasteiger partial charge in [0.25, 0.3) is 0 Å². The van der Waals surface area contributed by atoms with Crippen molar-refractivity contribution in [1.82, 2.24) is 19.8 Å². The third-order valence-corrected chi connectivity index (χ3v) is 7.19. The van der Waals surface area contributed by atoms with Crippen molar-refractivity contribution >= 4 is 24.1 Å². The molecule has 214 valence electrons. The highest BCUT2D eigenvalue weighted by Gasteiger charge is 2.27. The first-order chi connectivity index (χ1) is 19.8. The summed E-state index contributed by atoms with van der Waals surface area (Å²) in [6.45, 7) is 12.4. The molecule has 2 aliphatic rings. The number of carbonyl (C=O) groups excluding carboxylic acids is 1. The number of H-pyrrole nitrogens is 1. The minimum absolute atomic E-state index is 0.300. The lowest BCUT2D eigenvalue weighted by Gasteiger charge is -2.36. The van der Waals surface area contributed by atoms with Crippen molar-refractivity contribution in [2.45, 2.75) is 32.9 Å². The van der Waals surface area contributed by atoms with Crippen LogP contribution in [0.5, 0.6) is 0 Å². The second kappa shape index (κ2) is 12.6. The summed E-state index contributed by atoms with van der Waals surface area (Å²) in [5.74, 6) is 0.775. The number of aromatic nitrogens is 2. The summed E-state index contributed by atoms with van der Waals surface area (Å²) < 4.78 is 10.9. The fourth-order valence-electron chi connectivity index (χ4n) is 5.01. The van der Waals surface area contributed by atoms with Crippen molar-refractivity contribution in [2.24, 2.45) is 0 Å². The van der Waals surface area contributed by atoms with E-state index in [1.54, 1.807) is 11.1 Å². The monoisotopic (exact) mass is 554 g/mol. The lowest BCUT2D eigenvalue weighted by atomic mass is 10.1. The average Bonchev–Trinajstić information content (AvgIpc) is 3.41. The van der Waals surface area contributed by atoms with Gasteiger partial charge in [-0.1, -0.05) is 30.3 Å². The second-order valence-electron chi connectivity index (χ2n) is 11.4. The number of piperazine rings is 1. The number of rotatable bonds is 6. The maximum absolute atomic E-state index is 12.4. The minimum Gasteiger partial charge on any atom is -0.444 e. The van der Waals surface area contributed by atoms with E-state index in [2.05, 4.69) is 56.2 Å². The first-order valence-corrected chi connectivity index (χ1v) is 14.2. The Morgan fingerprint density at radius 1 is 1.05 bits per heavy atom. The van der Waals surface area contributed by atoms with E-state index in [0.717, 1.165) is 61.2 Å². The summed E-state index contributed by atoms with van der Waals surface area (Å²) in [5, 5.41) is 9.84. The molecule has 0 unspecified atom stereocenters. The topological polar surface area (TPSA) is 97.7 Å². The number of nitrogens with one attached hydrogen (secondary N) is 1. The Balaban J connectivity index is 1.23. The van der Waals surface area contributed by atoms with E-state index >= 15 is 0 Å². The molecule has 2 fully saturated rings. The lowest BCUT2D eigenvalue weighted by molar-refractivity contribution is 0.0240. The third kappa shape index (κ3) is 7.54. The Morgan fingerprint density at radius 2 is 1.78 bits per heavy atom. The molecule has 9 nitrogen and oxygen atoms in total. The molecule has 1 amide bonds. The number of hydrogen-bond acceptors (Lipinski definition) is 7. The zero-order chi connectivity index (χ0) is 28.8. The Bertz CT molecular complexity index is 1400. The maximum atomic E-state index is 12.4. The Labute approximate surface area is 242 Å². The van der Waals surface area contributed by atoms with Crippen LogP contribution in [0.15, 0.2) is 48.7 Å². The molecule has 0 aliphatic carbocycles. The van der Waals surface area contributed by atoms with Crippen molar-refractivity contribution < 1.29 is 14.3 Å². The fraction of sp³-hybridized carbons (Fsp3) is 0.406. The van der Waals surface area contributed by atoms with Crippen LogP contribution in [0.4, 0.5) is 10.6 Å². The number of benzene rings is 1. The summed E-state index contributed by atoms with van der Waals surface area (Å²) in [6, 6.07) is 16.8. The van der Waals surface area contributed by atoms with Gasteiger partial charge in [-0.2, -0.15) is 5.26 Å². The molecule has 0 atom stereocenters. The normalized spacial score (nSPS) is 16.6. The number of nitriles is 1. The quantitative estimate of drug-likeness (QED) is 0.458. The van der Waals surface area contributed by atoms with Gasteiger partial charge in [0.15, 0.2) is 0 Å². The van der Waals surface area contributed by atoms with Crippen molar-refractivity contribution in [3.05, 3.63) is 71.0 Å². The van der Waals surface area contributed by atoms with Crippen LogP contribution in [0.25, 0.3) is 23.4 Å². The lowest BCUT2D eigenvalue weighted by Crippen LogP contribution is -2.50. The smallest absolute Gasteiger partial charge is 0.410 e. The largest absolute Gasteiger partial charge is 0.444 e. The SMILES string of the molecule is CC(C)(C)OC(=O)N1CCN(c2[nH]c(-c3ccnc(C=Cc4ccc(CN5CCOCC5)cc4)c3)cc2C#N)CC1. The molecule has 3 aromatic rings. The number of aromatic amines is 1. The molecule has 0 bridgehead atoms. The first kappa shape index (κ1) is 28.4. The molecule has 0 saturated carbocycles.